The molecule has 59 heavy (non-hydrogen) atoms. The molecule has 0 spiro atoms. The highest BCUT2D eigenvalue weighted by molar-refractivity contribution is 7.10. The van der Waals surface area contributed by atoms with Crippen molar-refractivity contribution in [3.05, 3.63) is 143 Å². The summed E-state index contributed by atoms with van der Waals surface area (Å²) in [6, 6.07) is 30.1. The van der Waals surface area contributed by atoms with Crippen molar-refractivity contribution in [2.24, 2.45) is 0 Å². The SMILES string of the molecule is CCc1ccccc1NC(=O)N1CCN(c2nc(Cc3ccc(F)cc3)ns2)CC1C.O=C(Nc1ccccc1)N1CCN(c2nc(Cc3ccc(F)cc3)ns2)CC1. The van der Waals surface area contributed by atoms with Gasteiger partial charge in [-0.25, -0.2) is 28.3 Å². The highest BCUT2D eigenvalue weighted by Crippen LogP contribution is 2.25. The van der Waals surface area contributed by atoms with E-state index in [-0.39, 0.29) is 29.7 Å². The lowest BCUT2D eigenvalue weighted by Gasteiger charge is -2.39. The van der Waals surface area contributed by atoms with Crippen molar-refractivity contribution in [2.75, 3.05) is 66.2 Å². The number of carbonyl (C=O) groups excluding carboxylic acids is 2. The fourth-order valence-electron chi connectivity index (χ4n) is 6.86. The van der Waals surface area contributed by atoms with Crippen LogP contribution in [0.1, 0.15) is 42.2 Å². The number of hydrogen-bond donors (Lipinski definition) is 2. The van der Waals surface area contributed by atoms with Gasteiger partial charge in [0.1, 0.15) is 23.3 Å². The minimum atomic E-state index is -0.246. The first-order chi connectivity index (χ1) is 28.7. The Morgan fingerprint density at radius 2 is 1.20 bits per heavy atom. The number of benzene rings is 4. The average Bonchev–Trinajstić information content (AvgIpc) is 3.93. The molecule has 0 aliphatic carbocycles. The summed E-state index contributed by atoms with van der Waals surface area (Å²) in [5.74, 6) is 0.973. The van der Waals surface area contributed by atoms with Crippen molar-refractivity contribution < 1.29 is 18.4 Å². The molecule has 0 bridgehead atoms. The number of nitrogens with zero attached hydrogens (tertiary/aromatic N) is 8. The Bertz CT molecular complexity index is 2280. The molecule has 4 aromatic carbocycles. The molecule has 4 amide bonds. The molecule has 8 rings (SSSR count). The number of nitrogens with one attached hydrogen (secondary N) is 2. The third-order valence-corrected chi connectivity index (χ3v) is 11.8. The Labute approximate surface area is 350 Å². The lowest BCUT2D eigenvalue weighted by molar-refractivity contribution is 0.185. The number of anilines is 4. The number of rotatable bonds is 9. The minimum Gasteiger partial charge on any atom is -0.343 e. The first-order valence-electron chi connectivity index (χ1n) is 19.6. The Hall–Kier alpha value is -6.00. The van der Waals surface area contributed by atoms with E-state index < -0.39 is 0 Å². The van der Waals surface area contributed by atoms with Gasteiger partial charge in [0.05, 0.1) is 0 Å². The second-order valence-electron chi connectivity index (χ2n) is 14.3. The second-order valence-corrected chi connectivity index (χ2v) is 15.8. The summed E-state index contributed by atoms with van der Waals surface area (Å²) < 4.78 is 35.0. The first-order valence-corrected chi connectivity index (χ1v) is 21.2. The summed E-state index contributed by atoms with van der Waals surface area (Å²) in [5.41, 5.74) is 4.76. The fraction of sp³-hybridized carbons (Fsp3) is 0.302. The van der Waals surface area contributed by atoms with E-state index in [1.165, 1.54) is 47.3 Å². The molecule has 2 N–H and O–H groups in total. The highest BCUT2D eigenvalue weighted by atomic mass is 32.1. The van der Waals surface area contributed by atoms with E-state index in [9.17, 15) is 18.4 Å². The number of hydrogen-bond acceptors (Lipinski definition) is 10. The van der Waals surface area contributed by atoms with Gasteiger partial charge in [0.15, 0.2) is 0 Å². The summed E-state index contributed by atoms with van der Waals surface area (Å²) in [6.07, 6.45) is 2.03. The molecule has 0 radical (unpaired) electrons. The molecular weight excluding hydrogens is 791 g/mol. The van der Waals surface area contributed by atoms with Crippen molar-refractivity contribution in [1.29, 1.82) is 0 Å². The second kappa shape index (κ2) is 19.6. The van der Waals surface area contributed by atoms with Crippen LogP contribution >= 0.6 is 23.1 Å². The predicted molar refractivity (Wildman–Crippen MR) is 231 cm³/mol. The van der Waals surface area contributed by atoms with E-state index in [1.807, 2.05) is 64.4 Å². The number of carbonyl (C=O) groups is 2. The maximum atomic E-state index is 13.1. The molecular formula is C43H46F2N10O2S2. The molecule has 2 saturated heterocycles. The highest BCUT2D eigenvalue weighted by Gasteiger charge is 2.29. The van der Waals surface area contributed by atoms with Crippen LogP contribution in [0.2, 0.25) is 0 Å². The normalized spacial score (nSPS) is 15.4. The molecule has 0 saturated carbocycles. The number of urea groups is 2. The third-order valence-electron chi connectivity index (χ3n) is 10.1. The third kappa shape index (κ3) is 11.1. The Morgan fingerprint density at radius 1 is 0.661 bits per heavy atom. The smallest absolute Gasteiger partial charge is 0.322 e. The molecule has 6 aromatic rings. The Morgan fingerprint density at radius 3 is 1.78 bits per heavy atom. The van der Waals surface area contributed by atoms with Crippen LogP contribution < -0.4 is 20.4 Å². The zero-order chi connectivity index (χ0) is 41.1. The predicted octanol–water partition coefficient (Wildman–Crippen LogP) is 8.20. The van der Waals surface area contributed by atoms with E-state index in [4.69, 9.17) is 0 Å². The van der Waals surface area contributed by atoms with Crippen LogP contribution in [0.4, 0.5) is 40.0 Å². The van der Waals surface area contributed by atoms with Gasteiger partial charge >= 0.3 is 12.1 Å². The van der Waals surface area contributed by atoms with Crippen molar-refractivity contribution in [1.82, 2.24) is 28.5 Å². The van der Waals surface area contributed by atoms with E-state index in [2.05, 4.69) is 53.0 Å². The van der Waals surface area contributed by atoms with Crippen LogP contribution in [0, 0.1) is 11.6 Å². The standard InChI is InChI=1S/C23H26FN5OS.C20H20FN5OS/c1-3-18-6-4-5-7-20(18)25-22(30)29-13-12-28(15-16(29)2)23-26-21(27-31-23)14-17-8-10-19(24)11-9-17;21-16-8-6-15(7-9-16)14-18-23-20(28-24-18)26-12-10-25(11-13-26)19(27)22-17-4-2-1-3-5-17/h4-11,16H,3,12-15H2,1-2H3,(H,25,30);1-9H,10-14H2,(H,22,27). The lowest BCUT2D eigenvalue weighted by atomic mass is 10.1. The molecule has 12 nitrogen and oxygen atoms in total. The minimum absolute atomic E-state index is 0.0481. The average molecular weight is 837 g/mol. The van der Waals surface area contributed by atoms with Crippen LogP contribution in [-0.2, 0) is 19.3 Å². The quantitative estimate of drug-likeness (QED) is 0.150. The number of aryl methyl sites for hydroxylation is 1. The summed E-state index contributed by atoms with van der Waals surface area (Å²) in [6.45, 7) is 8.86. The Kier molecular flexibility index (Phi) is 13.7. The van der Waals surface area contributed by atoms with Gasteiger partial charge in [0, 0.05) is 99.1 Å². The summed E-state index contributed by atoms with van der Waals surface area (Å²) in [7, 11) is 0. The molecule has 1 unspecified atom stereocenters. The van der Waals surface area contributed by atoms with E-state index in [0.29, 0.717) is 58.7 Å². The van der Waals surface area contributed by atoms with Crippen LogP contribution in [0.25, 0.3) is 0 Å². The van der Waals surface area contributed by atoms with Gasteiger partial charge in [-0.2, -0.15) is 8.75 Å². The summed E-state index contributed by atoms with van der Waals surface area (Å²) >= 11 is 2.73. The van der Waals surface area contributed by atoms with Gasteiger partial charge in [-0.3, -0.25) is 0 Å². The zero-order valence-corrected chi connectivity index (χ0v) is 34.6. The maximum Gasteiger partial charge on any atom is 0.322 e. The van der Waals surface area contributed by atoms with E-state index in [0.717, 1.165) is 56.4 Å². The number of piperazine rings is 2. The van der Waals surface area contributed by atoms with Gasteiger partial charge < -0.3 is 30.2 Å². The first kappa shape index (κ1) is 41.2. The maximum absolute atomic E-state index is 13.1. The van der Waals surface area contributed by atoms with Crippen molar-refractivity contribution in [3.8, 4) is 0 Å². The number of aromatic nitrogens is 4. The van der Waals surface area contributed by atoms with Crippen LogP contribution in [-0.4, -0.2) is 92.4 Å². The topological polar surface area (TPSA) is 123 Å². The van der Waals surface area contributed by atoms with Crippen LogP contribution in [0.15, 0.2) is 103 Å². The number of para-hydroxylation sites is 2. The van der Waals surface area contributed by atoms with Gasteiger partial charge in [-0.05, 0) is 72.5 Å². The Balaban J connectivity index is 0.000000180. The van der Waals surface area contributed by atoms with Gasteiger partial charge in [0.25, 0.3) is 0 Å². The van der Waals surface area contributed by atoms with Gasteiger partial charge in [0.2, 0.25) is 10.3 Å². The molecule has 2 fully saturated rings. The molecule has 16 heteroatoms. The molecule has 2 aromatic heterocycles. The molecule has 4 heterocycles. The summed E-state index contributed by atoms with van der Waals surface area (Å²) in [4.78, 5) is 42.5. The largest absolute Gasteiger partial charge is 0.343 e. The van der Waals surface area contributed by atoms with E-state index in [1.54, 1.807) is 24.3 Å². The van der Waals surface area contributed by atoms with Gasteiger partial charge in [-0.1, -0.05) is 67.6 Å². The lowest BCUT2D eigenvalue weighted by Crippen LogP contribution is -2.55. The van der Waals surface area contributed by atoms with Crippen LogP contribution in [0.3, 0.4) is 0 Å². The van der Waals surface area contributed by atoms with Crippen LogP contribution in [0.5, 0.6) is 0 Å². The molecule has 2 aliphatic heterocycles. The molecule has 306 valence electrons. The molecule has 2 aliphatic rings. The van der Waals surface area contributed by atoms with Crippen molar-refractivity contribution >= 4 is 56.8 Å². The van der Waals surface area contributed by atoms with Gasteiger partial charge in [-0.15, -0.1) is 0 Å². The number of amides is 4. The molecule has 1 atom stereocenters. The number of halogens is 2. The van der Waals surface area contributed by atoms with Crippen molar-refractivity contribution in [3.63, 3.8) is 0 Å². The monoisotopic (exact) mass is 836 g/mol. The zero-order valence-electron chi connectivity index (χ0n) is 32.9. The van der Waals surface area contributed by atoms with Crippen molar-refractivity contribution in [2.45, 2.75) is 39.2 Å². The fourth-order valence-corrected chi connectivity index (χ4v) is 8.31. The summed E-state index contributed by atoms with van der Waals surface area (Å²) in [5, 5.41) is 7.71. The van der Waals surface area contributed by atoms with E-state index >= 15 is 0 Å².